The summed E-state index contributed by atoms with van der Waals surface area (Å²) >= 11 is 0. The SMILES string of the molecule is CC1(C)CC[C@]2(C(=O)OCC(=O)O)CC[C@]3(C)C(=CC[C@@H]4[C@@]5(C)C[C@@H](O)[C@H](O)C(C)(C)[C@@H]5CC[C@]43C)[C@@H]2C1. The van der Waals surface area contributed by atoms with Crippen LogP contribution in [0.15, 0.2) is 11.6 Å². The summed E-state index contributed by atoms with van der Waals surface area (Å²) < 4.78 is 5.43. The van der Waals surface area contributed by atoms with E-state index in [2.05, 4.69) is 54.5 Å². The van der Waals surface area contributed by atoms with E-state index < -0.39 is 30.2 Å². The smallest absolute Gasteiger partial charge is 0.341 e. The topological polar surface area (TPSA) is 104 Å². The molecular formula is C32H50O6. The molecule has 38 heavy (non-hydrogen) atoms. The number of esters is 1. The Morgan fingerprint density at radius 3 is 2.24 bits per heavy atom. The molecule has 9 atom stereocenters. The number of rotatable bonds is 3. The lowest BCUT2D eigenvalue weighted by molar-refractivity contribution is -0.232. The molecular weight excluding hydrogens is 480 g/mol. The Morgan fingerprint density at radius 2 is 1.58 bits per heavy atom. The van der Waals surface area contributed by atoms with Gasteiger partial charge in [0.15, 0.2) is 6.61 Å². The van der Waals surface area contributed by atoms with Gasteiger partial charge in [-0.1, -0.05) is 60.1 Å². The van der Waals surface area contributed by atoms with Crippen molar-refractivity contribution in [1.29, 1.82) is 0 Å². The van der Waals surface area contributed by atoms with Crippen molar-refractivity contribution in [3.05, 3.63) is 11.6 Å². The Balaban J connectivity index is 1.57. The summed E-state index contributed by atoms with van der Waals surface area (Å²) in [5.41, 5.74) is 0.370. The summed E-state index contributed by atoms with van der Waals surface area (Å²) in [5.74, 6) is -0.649. The number of carboxylic acids is 1. The Hall–Kier alpha value is -1.40. The Kier molecular flexibility index (Phi) is 6.33. The van der Waals surface area contributed by atoms with Gasteiger partial charge in [0.05, 0.1) is 17.6 Å². The van der Waals surface area contributed by atoms with Crippen molar-refractivity contribution >= 4 is 11.9 Å². The molecule has 0 amide bonds. The lowest BCUT2D eigenvalue weighted by Crippen LogP contribution is -2.67. The van der Waals surface area contributed by atoms with Crippen molar-refractivity contribution in [3.63, 3.8) is 0 Å². The summed E-state index contributed by atoms with van der Waals surface area (Å²) in [6.07, 6.45) is 8.91. The number of allylic oxidation sites excluding steroid dienone is 2. The van der Waals surface area contributed by atoms with Crippen LogP contribution in [0.1, 0.15) is 106 Å². The molecule has 0 heterocycles. The van der Waals surface area contributed by atoms with E-state index >= 15 is 0 Å². The molecule has 0 radical (unpaired) electrons. The molecule has 0 aromatic carbocycles. The minimum atomic E-state index is -1.11. The van der Waals surface area contributed by atoms with Crippen molar-refractivity contribution in [2.45, 2.75) is 118 Å². The molecule has 0 unspecified atom stereocenters. The number of carbonyl (C=O) groups excluding carboxylic acids is 1. The van der Waals surface area contributed by atoms with Crippen LogP contribution in [-0.4, -0.2) is 46.1 Å². The highest BCUT2D eigenvalue weighted by Gasteiger charge is 2.70. The van der Waals surface area contributed by atoms with Gasteiger partial charge < -0.3 is 20.1 Å². The molecule has 5 aliphatic carbocycles. The highest BCUT2D eigenvalue weighted by molar-refractivity contribution is 5.81. The first-order valence-electron chi connectivity index (χ1n) is 14.9. The van der Waals surface area contributed by atoms with Crippen LogP contribution in [0.5, 0.6) is 0 Å². The third kappa shape index (κ3) is 3.64. The third-order valence-corrected chi connectivity index (χ3v) is 13.3. The first-order chi connectivity index (χ1) is 17.4. The van der Waals surface area contributed by atoms with Gasteiger partial charge in [0.1, 0.15) is 0 Å². The Morgan fingerprint density at radius 1 is 0.921 bits per heavy atom. The second-order valence-electron chi connectivity index (χ2n) is 15.9. The number of aliphatic hydroxyl groups is 2. The molecule has 6 heteroatoms. The van der Waals surface area contributed by atoms with Crippen molar-refractivity contribution in [1.82, 2.24) is 0 Å². The number of fused-ring (bicyclic) bond motifs is 7. The molecule has 214 valence electrons. The molecule has 6 nitrogen and oxygen atoms in total. The average molecular weight is 531 g/mol. The lowest BCUT2D eigenvalue weighted by atomic mass is 9.33. The van der Waals surface area contributed by atoms with Gasteiger partial charge in [-0.2, -0.15) is 0 Å². The minimum absolute atomic E-state index is 0.0130. The van der Waals surface area contributed by atoms with Gasteiger partial charge in [-0.15, -0.1) is 0 Å². The molecule has 0 aliphatic heterocycles. The fourth-order valence-corrected chi connectivity index (χ4v) is 11.0. The summed E-state index contributed by atoms with van der Waals surface area (Å²) in [4.78, 5) is 24.9. The van der Waals surface area contributed by atoms with Gasteiger partial charge in [0.25, 0.3) is 0 Å². The van der Waals surface area contributed by atoms with Crippen LogP contribution in [0, 0.1) is 50.2 Å². The van der Waals surface area contributed by atoms with Gasteiger partial charge in [-0.25, -0.2) is 4.79 Å². The fraction of sp³-hybridized carbons (Fsp3) is 0.875. The van der Waals surface area contributed by atoms with Crippen molar-refractivity contribution in [2.24, 2.45) is 50.2 Å². The molecule has 0 saturated heterocycles. The van der Waals surface area contributed by atoms with Gasteiger partial charge in [-0.05, 0) is 103 Å². The molecule has 3 N–H and O–H groups in total. The van der Waals surface area contributed by atoms with Crippen molar-refractivity contribution in [2.75, 3.05) is 6.61 Å². The molecule has 4 saturated carbocycles. The predicted octanol–water partition coefficient (Wildman–Crippen LogP) is 5.75. The van der Waals surface area contributed by atoms with E-state index in [9.17, 15) is 24.9 Å². The number of hydrogen-bond acceptors (Lipinski definition) is 5. The van der Waals surface area contributed by atoms with E-state index in [1.165, 1.54) is 5.57 Å². The largest absolute Gasteiger partial charge is 0.479 e. The molecule has 0 bridgehead atoms. The van der Waals surface area contributed by atoms with Crippen LogP contribution in [0.2, 0.25) is 0 Å². The van der Waals surface area contributed by atoms with Crippen LogP contribution in [0.25, 0.3) is 0 Å². The number of hydrogen-bond donors (Lipinski definition) is 3. The highest BCUT2D eigenvalue weighted by atomic mass is 16.6. The first kappa shape index (κ1) is 28.1. The monoisotopic (exact) mass is 530 g/mol. The number of aliphatic carboxylic acids is 1. The van der Waals surface area contributed by atoms with Crippen LogP contribution in [0.4, 0.5) is 0 Å². The van der Waals surface area contributed by atoms with E-state index in [0.29, 0.717) is 18.3 Å². The molecule has 0 aromatic heterocycles. The minimum Gasteiger partial charge on any atom is -0.479 e. The zero-order valence-electron chi connectivity index (χ0n) is 24.6. The quantitative estimate of drug-likeness (QED) is 0.317. The van der Waals surface area contributed by atoms with E-state index in [4.69, 9.17) is 4.74 Å². The predicted molar refractivity (Wildman–Crippen MR) is 145 cm³/mol. The third-order valence-electron chi connectivity index (χ3n) is 13.3. The first-order valence-corrected chi connectivity index (χ1v) is 14.9. The number of ether oxygens (including phenoxy) is 1. The standard InChI is InChI=1S/C32H50O6/c1-27(2)12-14-32(26(37)38-18-24(34)35)15-13-30(6)19(20(32)16-27)8-9-23-29(5)17-21(33)25(36)28(3,4)22(29)10-11-31(23,30)7/h8,20-23,25,33,36H,9-18H2,1-7H3,(H,34,35)/t20-,21+,22-,23+,25-,29-,30+,31+,32-/m0/s1. The summed E-state index contributed by atoms with van der Waals surface area (Å²) in [7, 11) is 0. The summed E-state index contributed by atoms with van der Waals surface area (Å²) in [6, 6.07) is 0. The van der Waals surface area contributed by atoms with Crippen molar-refractivity contribution in [3.8, 4) is 0 Å². The maximum atomic E-state index is 13.6. The number of carbonyl (C=O) groups is 2. The van der Waals surface area contributed by atoms with Crippen molar-refractivity contribution < 1.29 is 29.6 Å². The molecule has 0 aromatic rings. The van der Waals surface area contributed by atoms with Crippen LogP contribution >= 0.6 is 0 Å². The van der Waals surface area contributed by atoms with Crippen LogP contribution < -0.4 is 0 Å². The normalized spacial score (nSPS) is 48.9. The van der Waals surface area contributed by atoms with Gasteiger partial charge in [0.2, 0.25) is 0 Å². The zero-order chi connectivity index (χ0) is 28.1. The zero-order valence-corrected chi connectivity index (χ0v) is 24.6. The van der Waals surface area contributed by atoms with E-state index in [1.54, 1.807) is 0 Å². The second kappa shape index (κ2) is 8.55. The maximum absolute atomic E-state index is 13.6. The van der Waals surface area contributed by atoms with Gasteiger partial charge >= 0.3 is 11.9 Å². The molecule has 5 aliphatic rings. The van der Waals surface area contributed by atoms with E-state index in [1.807, 2.05) is 0 Å². The van der Waals surface area contributed by atoms with Gasteiger partial charge in [0, 0.05) is 0 Å². The van der Waals surface area contributed by atoms with E-state index in [0.717, 1.165) is 51.4 Å². The fourth-order valence-electron chi connectivity index (χ4n) is 11.0. The highest BCUT2D eigenvalue weighted by Crippen LogP contribution is 2.75. The number of carboxylic acid groups (broad SMARTS) is 1. The summed E-state index contributed by atoms with van der Waals surface area (Å²) in [5, 5.41) is 31.2. The molecule has 0 spiro atoms. The summed E-state index contributed by atoms with van der Waals surface area (Å²) in [6.45, 7) is 15.6. The number of aliphatic hydroxyl groups excluding tert-OH is 2. The van der Waals surface area contributed by atoms with Crippen LogP contribution in [-0.2, 0) is 14.3 Å². The Bertz CT molecular complexity index is 1040. The maximum Gasteiger partial charge on any atom is 0.341 e. The van der Waals surface area contributed by atoms with Gasteiger partial charge in [-0.3, -0.25) is 4.79 Å². The van der Waals surface area contributed by atoms with E-state index in [-0.39, 0.29) is 39.0 Å². The second-order valence-corrected chi connectivity index (χ2v) is 15.9. The molecule has 4 fully saturated rings. The molecule has 5 rings (SSSR count). The average Bonchev–Trinajstić information content (AvgIpc) is 2.81. The van der Waals surface area contributed by atoms with Crippen LogP contribution in [0.3, 0.4) is 0 Å². The Labute approximate surface area is 228 Å². The lowest BCUT2D eigenvalue weighted by Gasteiger charge is -2.71.